The number of fused-ring (bicyclic) bond motifs is 1. The average molecular weight is 257 g/mol. The van der Waals surface area contributed by atoms with Crippen LogP contribution >= 0.6 is 0 Å². The molecule has 4 heteroatoms. The van der Waals surface area contributed by atoms with E-state index in [1.165, 1.54) is 24.3 Å². The zero-order chi connectivity index (χ0) is 13.4. The number of carbonyl (C=O) groups excluding carboxylic acids is 1. The molecule has 3 rings (SSSR count). The Balaban J connectivity index is 2.32. The molecule has 0 aliphatic carbocycles. The van der Waals surface area contributed by atoms with Crippen LogP contribution in [0.1, 0.15) is 10.4 Å². The highest BCUT2D eigenvalue weighted by atomic mass is 19.1. The standard InChI is InChI=1S/C15H9F2NO/c16-10-3-1-2-9(6-10)15-13(8-19)12-7-11(17)4-5-14(12)18-15/h1-8,18H. The summed E-state index contributed by atoms with van der Waals surface area (Å²) in [5, 5.41) is 0.495. The average Bonchev–Trinajstić information content (AvgIpc) is 2.76. The Morgan fingerprint density at radius 1 is 1.00 bits per heavy atom. The summed E-state index contributed by atoms with van der Waals surface area (Å²) in [4.78, 5) is 14.3. The summed E-state index contributed by atoms with van der Waals surface area (Å²) < 4.78 is 26.5. The van der Waals surface area contributed by atoms with Crippen LogP contribution < -0.4 is 0 Å². The van der Waals surface area contributed by atoms with Gasteiger partial charge in [0.25, 0.3) is 0 Å². The molecule has 0 unspecified atom stereocenters. The molecule has 1 heterocycles. The maximum atomic E-state index is 13.2. The van der Waals surface area contributed by atoms with Crippen molar-refractivity contribution < 1.29 is 13.6 Å². The van der Waals surface area contributed by atoms with Crippen LogP contribution in [0.15, 0.2) is 42.5 Å². The summed E-state index contributed by atoms with van der Waals surface area (Å²) >= 11 is 0. The number of nitrogens with one attached hydrogen (secondary N) is 1. The first kappa shape index (κ1) is 11.6. The van der Waals surface area contributed by atoms with Crippen molar-refractivity contribution in [3.8, 4) is 11.3 Å². The second kappa shape index (κ2) is 4.31. The monoisotopic (exact) mass is 257 g/mol. The molecular weight excluding hydrogens is 248 g/mol. The molecule has 2 aromatic carbocycles. The van der Waals surface area contributed by atoms with Crippen LogP contribution in [0.5, 0.6) is 0 Å². The number of H-pyrrole nitrogens is 1. The molecule has 2 nitrogen and oxygen atoms in total. The van der Waals surface area contributed by atoms with Gasteiger partial charge in [0.15, 0.2) is 6.29 Å². The zero-order valence-electron chi connectivity index (χ0n) is 9.78. The summed E-state index contributed by atoms with van der Waals surface area (Å²) in [6.45, 7) is 0. The fourth-order valence-electron chi connectivity index (χ4n) is 2.18. The van der Waals surface area contributed by atoms with Crippen LogP contribution in [0.4, 0.5) is 8.78 Å². The maximum Gasteiger partial charge on any atom is 0.152 e. The lowest BCUT2D eigenvalue weighted by Crippen LogP contribution is -1.85. The highest BCUT2D eigenvalue weighted by Gasteiger charge is 2.13. The number of rotatable bonds is 2. The third-order valence-corrected chi connectivity index (χ3v) is 3.03. The smallest absolute Gasteiger partial charge is 0.152 e. The number of benzene rings is 2. The van der Waals surface area contributed by atoms with Gasteiger partial charge in [-0.3, -0.25) is 4.79 Å². The third kappa shape index (κ3) is 1.91. The zero-order valence-corrected chi connectivity index (χ0v) is 9.78. The molecule has 1 aromatic heterocycles. The summed E-state index contributed by atoms with van der Waals surface area (Å²) in [5.74, 6) is -0.806. The highest BCUT2D eigenvalue weighted by molar-refractivity contribution is 6.04. The summed E-state index contributed by atoms with van der Waals surface area (Å²) in [7, 11) is 0. The van der Waals surface area contributed by atoms with Crippen molar-refractivity contribution in [2.45, 2.75) is 0 Å². The van der Waals surface area contributed by atoms with Crippen LogP contribution in [0.2, 0.25) is 0 Å². The van der Waals surface area contributed by atoms with Gasteiger partial charge in [0, 0.05) is 22.0 Å². The molecule has 0 bridgehead atoms. The predicted octanol–water partition coefficient (Wildman–Crippen LogP) is 3.93. The number of aromatic nitrogens is 1. The number of carbonyl (C=O) groups is 1. The van der Waals surface area contributed by atoms with E-state index in [0.29, 0.717) is 34.0 Å². The van der Waals surface area contributed by atoms with Crippen LogP contribution in [0.25, 0.3) is 22.2 Å². The van der Waals surface area contributed by atoms with E-state index in [2.05, 4.69) is 4.98 Å². The largest absolute Gasteiger partial charge is 0.354 e. The van der Waals surface area contributed by atoms with E-state index in [4.69, 9.17) is 0 Å². The second-order valence-electron chi connectivity index (χ2n) is 4.23. The Morgan fingerprint density at radius 2 is 1.79 bits per heavy atom. The number of aldehydes is 1. The predicted molar refractivity (Wildman–Crippen MR) is 69.0 cm³/mol. The van der Waals surface area contributed by atoms with E-state index in [0.717, 1.165) is 0 Å². The van der Waals surface area contributed by atoms with Gasteiger partial charge in [-0.05, 0) is 30.3 Å². The van der Waals surface area contributed by atoms with Crippen LogP contribution in [0, 0.1) is 11.6 Å². The quantitative estimate of drug-likeness (QED) is 0.693. The fraction of sp³-hybridized carbons (Fsp3) is 0. The van der Waals surface area contributed by atoms with Crippen LogP contribution in [0.3, 0.4) is 0 Å². The van der Waals surface area contributed by atoms with Gasteiger partial charge < -0.3 is 4.98 Å². The molecule has 94 valence electrons. The Labute approximate surface area is 107 Å². The molecular formula is C15H9F2NO. The van der Waals surface area contributed by atoms with E-state index in [1.807, 2.05) is 0 Å². The number of hydrogen-bond donors (Lipinski definition) is 1. The fourth-order valence-corrected chi connectivity index (χ4v) is 2.18. The van der Waals surface area contributed by atoms with E-state index in [9.17, 15) is 13.6 Å². The van der Waals surface area contributed by atoms with Crippen molar-refractivity contribution >= 4 is 17.2 Å². The van der Waals surface area contributed by atoms with Crippen molar-refractivity contribution in [3.63, 3.8) is 0 Å². The molecule has 0 spiro atoms. The van der Waals surface area contributed by atoms with Gasteiger partial charge in [-0.2, -0.15) is 0 Å². The van der Waals surface area contributed by atoms with Crippen LogP contribution in [-0.2, 0) is 0 Å². The summed E-state index contributed by atoms with van der Waals surface area (Å²) in [5.41, 5.74) is 2.02. The third-order valence-electron chi connectivity index (χ3n) is 3.03. The maximum absolute atomic E-state index is 13.2. The normalized spacial score (nSPS) is 10.8. The van der Waals surface area contributed by atoms with E-state index >= 15 is 0 Å². The topological polar surface area (TPSA) is 32.9 Å². The first-order valence-corrected chi connectivity index (χ1v) is 5.71. The lowest BCUT2D eigenvalue weighted by Gasteiger charge is -1.99. The van der Waals surface area contributed by atoms with Gasteiger partial charge in [0.1, 0.15) is 11.6 Å². The molecule has 0 saturated carbocycles. The van der Waals surface area contributed by atoms with Gasteiger partial charge in [-0.25, -0.2) is 8.78 Å². The van der Waals surface area contributed by atoms with Crippen molar-refractivity contribution in [3.05, 3.63) is 59.7 Å². The molecule has 0 fully saturated rings. The van der Waals surface area contributed by atoms with E-state index in [1.54, 1.807) is 18.2 Å². The summed E-state index contributed by atoms with van der Waals surface area (Å²) in [6.07, 6.45) is 0.651. The van der Waals surface area contributed by atoms with Gasteiger partial charge >= 0.3 is 0 Å². The molecule has 1 N–H and O–H groups in total. The number of halogens is 2. The molecule has 0 aliphatic heterocycles. The molecule has 0 atom stereocenters. The Kier molecular flexibility index (Phi) is 2.63. The van der Waals surface area contributed by atoms with E-state index in [-0.39, 0.29) is 5.82 Å². The molecule has 0 amide bonds. The molecule has 0 aliphatic rings. The van der Waals surface area contributed by atoms with Gasteiger partial charge in [0.2, 0.25) is 0 Å². The molecule has 0 saturated heterocycles. The second-order valence-corrected chi connectivity index (χ2v) is 4.23. The van der Waals surface area contributed by atoms with Crippen molar-refractivity contribution in [1.29, 1.82) is 0 Å². The minimum atomic E-state index is -0.416. The lowest BCUT2D eigenvalue weighted by molar-refractivity contribution is 0.112. The van der Waals surface area contributed by atoms with Gasteiger partial charge in [-0.15, -0.1) is 0 Å². The Hall–Kier alpha value is -2.49. The first-order valence-electron chi connectivity index (χ1n) is 5.71. The SMILES string of the molecule is O=Cc1c(-c2cccc(F)c2)[nH]c2ccc(F)cc12. The minimum absolute atomic E-state index is 0.333. The molecule has 19 heavy (non-hydrogen) atoms. The van der Waals surface area contributed by atoms with E-state index < -0.39 is 5.82 Å². The van der Waals surface area contributed by atoms with Gasteiger partial charge in [0.05, 0.1) is 5.69 Å². The van der Waals surface area contributed by atoms with Crippen LogP contribution in [-0.4, -0.2) is 11.3 Å². The minimum Gasteiger partial charge on any atom is -0.354 e. The number of aromatic amines is 1. The number of hydrogen-bond acceptors (Lipinski definition) is 1. The van der Waals surface area contributed by atoms with Crippen molar-refractivity contribution in [2.24, 2.45) is 0 Å². The first-order chi connectivity index (χ1) is 9.19. The highest BCUT2D eigenvalue weighted by Crippen LogP contribution is 2.29. The molecule has 0 radical (unpaired) electrons. The van der Waals surface area contributed by atoms with Crippen molar-refractivity contribution in [2.75, 3.05) is 0 Å². The Morgan fingerprint density at radius 3 is 2.53 bits per heavy atom. The van der Waals surface area contributed by atoms with Crippen molar-refractivity contribution in [1.82, 2.24) is 4.98 Å². The van der Waals surface area contributed by atoms with Gasteiger partial charge in [-0.1, -0.05) is 12.1 Å². The lowest BCUT2D eigenvalue weighted by atomic mass is 10.1. The Bertz CT molecular complexity index is 777. The molecule has 3 aromatic rings. The summed E-state index contributed by atoms with van der Waals surface area (Å²) in [6, 6.07) is 10.1.